The lowest BCUT2D eigenvalue weighted by Crippen LogP contribution is -2.53. The largest absolute Gasteiger partial charge is 0.493 e. The number of amides is 2. The van der Waals surface area contributed by atoms with E-state index in [2.05, 4.69) is 55.4 Å². The van der Waals surface area contributed by atoms with Gasteiger partial charge in [0.05, 0.1) is 26.3 Å². The van der Waals surface area contributed by atoms with Crippen molar-refractivity contribution in [1.82, 2.24) is 15.5 Å². The van der Waals surface area contributed by atoms with Crippen LogP contribution in [0, 0.1) is 5.92 Å². The number of rotatable bonds is 8. The van der Waals surface area contributed by atoms with Crippen LogP contribution in [0.1, 0.15) is 51.3 Å². The van der Waals surface area contributed by atoms with Crippen molar-refractivity contribution in [3.05, 3.63) is 23.3 Å². The molecule has 27 heavy (non-hydrogen) atoms. The monoisotopic (exact) mass is 377 g/mol. The molecule has 0 aromatic heterocycles. The van der Waals surface area contributed by atoms with Crippen molar-refractivity contribution >= 4 is 6.03 Å². The number of methoxy groups -OCH3 is 2. The van der Waals surface area contributed by atoms with Crippen LogP contribution in [0.15, 0.2) is 12.1 Å². The summed E-state index contributed by atoms with van der Waals surface area (Å²) >= 11 is 0. The van der Waals surface area contributed by atoms with Crippen molar-refractivity contribution in [2.45, 2.75) is 52.6 Å². The molecule has 2 atom stereocenters. The molecule has 2 rings (SSSR count). The van der Waals surface area contributed by atoms with E-state index < -0.39 is 0 Å². The summed E-state index contributed by atoms with van der Waals surface area (Å²) in [5, 5.41) is 6.17. The predicted octanol–water partition coefficient (Wildman–Crippen LogP) is 3.36. The Morgan fingerprint density at radius 2 is 1.89 bits per heavy atom. The highest BCUT2D eigenvalue weighted by Gasteiger charge is 2.36. The molecule has 0 bridgehead atoms. The quantitative estimate of drug-likeness (QED) is 0.729. The first-order chi connectivity index (χ1) is 13.0. The van der Waals surface area contributed by atoms with Crippen molar-refractivity contribution in [1.29, 1.82) is 0 Å². The Hall–Kier alpha value is -1.95. The Labute approximate surface area is 163 Å². The predicted molar refractivity (Wildman–Crippen MR) is 109 cm³/mol. The molecule has 0 spiro atoms. The first kappa shape index (κ1) is 21.4. The van der Waals surface area contributed by atoms with E-state index in [-0.39, 0.29) is 24.0 Å². The first-order valence-electron chi connectivity index (χ1n) is 9.99. The van der Waals surface area contributed by atoms with Gasteiger partial charge in [-0.1, -0.05) is 27.7 Å². The molecular weight excluding hydrogens is 342 g/mol. The number of carbonyl (C=O) groups is 1. The van der Waals surface area contributed by atoms with Crippen LogP contribution in [0.3, 0.4) is 0 Å². The number of ether oxygens (including phenoxy) is 2. The molecule has 152 valence electrons. The molecule has 0 fully saturated rings. The van der Waals surface area contributed by atoms with Crippen LogP contribution >= 0.6 is 0 Å². The van der Waals surface area contributed by atoms with Gasteiger partial charge < -0.3 is 20.1 Å². The molecule has 0 aliphatic carbocycles. The standard InChI is InChI=1S/C21H35N3O3/c1-7-10-22-21(25)23-19(14(3)4)20-16-13-18(27-6)17(26-5)12-15(16)9-11-24(20)8-2/h12-14,19-20H,7-11H2,1-6H3,(H2,22,23,25)/t19-,20-/m1/s1. The van der Waals surface area contributed by atoms with Crippen molar-refractivity contribution in [3.63, 3.8) is 0 Å². The fourth-order valence-corrected chi connectivity index (χ4v) is 3.85. The third-order valence-corrected chi connectivity index (χ3v) is 5.32. The lowest BCUT2D eigenvalue weighted by Gasteiger charge is -2.43. The number of benzene rings is 1. The van der Waals surface area contributed by atoms with Gasteiger partial charge in [-0.25, -0.2) is 4.79 Å². The van der Waals surface area contributed by atoms with E-state index in [1.54, 1.807) is 14.2 Å². The summed E-state index contributed by atoms with van der Waals surface area (Å²) in [4.78, 5) is 14.8. The molecule has 0 unspecified atom stereocenters. The highest BCUT2D eigenvalue weighted by Crippen LogP contribution is 2.40. The molecule has 1 aromatic rings. The second-order valence-corrected chi connectivity index (χ2v) is 7.40. The van der Waals surface area contributed by atoms with Gasteiger partial charge in [0.15, 0.2) is 11.5 Å². The second-order valence-electron chi connectivity index (χ2n) is 7.40. The molecule has 2 amide bonds. The van der Waals surface area contributed by atoms with E-state index >= 15 is 0 Å². The number of likely N-dealkylation sites (N-methyl/N-ethyl adjacent to an activating group) is 1. The van der Waals surface area contributed by atoms with Gasteiger partial charge in [0.2, 0.25) is 0 Å². The third kappa shape index (κ3) is 4.86. The molecule has 1 aliphatic rings. The van der Waals surface area contributed by atoms with Gasteiger partial charge in [-0.2, -0.15) is 0 Å². The highest BCUT2D eigenvalue weighted by molar-refractivity contribution is 5.74. The maximum Gasteiger partial charge on any atom is 0.315 e. The lowest BCUT2D eigenvalue weighted by atomic mass is 9.83. The Morgan fingerprint density at radius 1 is 1.22 bits per heavy atom. The third-order valence-electron chi connectivity index (χ3n) is 5.32. The summed E-state index contributed by atoms with van der Waals surface area (Å²) in [6, 6.07) is 4.17. The number of fused-ring (bicyclic) bond motifs is 1. The van der Waals surface area contributed by atoms with E-state index in [0.717, 1.165) is 37.4 Å². The summed E-state index contributed by atoms with van der Waals surface area (Å²) in [7, 11) is 3.33. The molecule has 6 nitrogen and oxygen atoms in total. The number of nitrogens with one attached hydrogen (secondary N) is 2. The van der Waals surface area contributed by atoms with E-state index in [1.807, 2.05) is 0 Å². The molecule has 1 heterocycles. The van der Waals surface area contributed by atoms with Gasteiger partial charge in [0.25, 0.3) is 0 Å². The SMILES string of the molecule is CCCNC(=O)N[C@H](C(C)C)[C@H]1c2cc(OC)c(OC)cc2CCN1CC. The van der Waals surface area contributed by atoms with Crippen LogP contribution in [0.5, 0.6) is 11.5 Å². The van der Waals surface area contributed by atoms with Crippen LogP contribution in [-0.4, -0.2) is 50.8 Å². The summed E-state index contributed by atoms with van der Waals surface area (Å²) in [6.07, 6.45) is 1.89. The molecule has 0 saturated heterocycles. The molecule has 6 heteroatoms. The molecule has 1 aromatic carbocycles. The Kier molecular flexibility index (Phi) is 7.78. The van der Waals surface area contributed by atoms with Gasteiger partial charge in [0.1, 0.15) is 0 Å². The van der Waals surface area contributed by atoms with Gasteiger partial charge in [0, 0.05) is 13.1 Å². The smallest absolute Gasteiger partial charge is 0.315 e. The van der Waals surface area contributed by atoms with Crippen molar-refractivity contribution in [2.75, 3.05) is 33.9 Å². The zero-order valence-electron chi connectivity index (χ0n) is 17.6. The van der Waals surface area contributed by atoms with Gasteiger partial charge in [-0.3, -0.25) is 4.90 Å². The van der Waals surface area contributed by atoms with Crippen LogP contribution < -0.4 is 20.1 Å². The van der Waals surface area contributed by atoms with Gasteiger partial charge >= 0.3 is 6.03 Å². The molecule has 0 radical (unpaired) electrons. The zero-order chi connectivity index (χ0) is 20.0. The topological polar surface area (TPSA) is 62.8 Å². The van der Waals surface area contributed by atoms with Gasteiger partial charge in [-0.15, -0.1) is 0 Å². The van der Waals surface area contributed by atoms with E-state index in [4.69, 9.17) is 9.47 Å². The van der Waals surface area contributed by atoms with Crippen molar-refractivity contribution < 1.29 is 14.3 Å². The van der Waals surface area contributed by atoms with E-state index in [9.17, 15) is 4.79 Å². The van der Waals surface area contributed by atoms with Crippen molar-refractivity contribution in [3.8, 4) is 11.5 Å². The van der Waals surface area contributed by atoms with E-state index in [0.29, 0.717) is 6.54 Å². The van der Waals surface area contributed by atoms with Crippen LogP contribution in [-0.2, 0) is 6.42 Å². The number of urea groups is 1. The van der Waals surface area contributed by atoms with Crippen molar-refractivity contribution in [2.24, 2.45) is 5.92 Å². The fraction of sp³-hybridized carbons (Fsp3) is 0.667. The minimum absolute atomic E-state index is 0.000966. The minimum atomic E-state index is -0.0980. The first-order valence-corrected chi connectivity index (χ1v) is 9.99. The van der Waals surface area contributed by atoms with Crippen LogP contribution in [0.25, 0.3) is 0 Å². The van der Waals surface area contributed by atoms with Crippen LogP contribution in [0.4, 0.5) is 4.79 Å². The normalized spacial score (nSPS) is 18.0. The Morgan fingerprint density at radius 3 is 2.44 bits per heavy atom. The summed E-state index contributed by atoms with van der Waals surface area (Å²) in [6.45, 7) is 11.1. The summed E-state index contributed by atoms with van der Waals surface area (Å²) < 4.78 is 11.0. The average molecular weight is 378 g/mol. The van der Waals surface area contributed by atoms with E-state index in [1.165, 1.54) is 11.1 Å². The fourth-order valence-electron chi connectivity index (χ4n) is 3.85. The minimum Gasteiger partial charge on any atom is -0.493 e. The highest BCUT2D eigenvalue weighted by atomic mass is 16.5. The number of hydrogen-bond acceptors (Lipinski definition) is 4. The summed E-state index contributed by atoms with van der Waals surface area (Å²) in [5.41, 5.74) is 2.49. The second kappa shape index (κ2) is 9.83. The number of nitrogens with zero attached hydrogens (tertiary/aromatic N) is 1. The summed E-state index contributed by atoms with van der Waals surface area (Å²) in [5.74, 6) is 1.78. The maximum atomic E-state index is 12.4. The average Bonchev–Trinajstić information content (AvgIpc) is 2.68. The lowest BCUT2D eigenvalue weighted by molar-refractivity contribution is 0.132. The number of carbonyl (C=O) groups excluding carboxylic acids is 1. The zero-order valence-corrected chi connectivity index (χ0v) is 17.6. The maximum absolute atomic E-state index is 12.4. The molecular formula is C21H35N3O3. The molecule has 0 saturated carbocycles. The molecule has 1 aliphatic heterocycles. The Bertz CT molecular complexity index is 633. The molecule has 2 N–H and O–H groups in total. The number of hydrogen-bond donors (Lipinski definition) is 2. The van der Waals surface area contributed by atoms with Crippen LogP contribution in [0.2, 0.25) is 0 Å². The Balaban J connectivity index is 2.43. The van der Waals surface area contributed by atoms with Gasteiger partial charge in [-0.05, 0) is 48.6 Å².